The van der Waals surface area contributed by atoms with E-state index in [0.29, 0.717) is 32.0 Å². The van der Waals surface area contributed by atoms with E-state index >= 15 is 0 Å². The maximum absolute atomic E-state index is 10.5. The summed E-state index contributed by atoms with van der Waals surface area (Å²) in [6.07, 6.45) is 0.815. The number of benzene rings is 1. The Hall–Kier alpha value is -1.17. The molecule has 0 atom stereocenters. The molecule has 22 heavy (non-hydrogen) atoms. The molecule has 4 nitrogen and oxygen atoms in total. The van der Waals surface area contributed by atoms with Crippen molar-refractivity contribution in [1.82, 2.24) is 0 Å². The van der Waals surface area contributed by atoms with Gasteiger partial charge in [0.2, 0.25) is 0 Å². The molecule has 0 radical (unpaired) electrons. The molecule has 0 aromatic heterocycles. The smallest absolute Gasteiger partial charge is 0.192 e. The van der Waals surface area contributed by atoms with E-state index in [0.717, 1.165) is 12.0 Å². The van der Waals surface area contributed by atoms with Gasteiger partial charge in [-0.05, 0) is 42.4 Å². The zero-order valence-corrected chi connectivity index (χ0v) is 15.3. The average molecular weight is 324 g/mol. The molecule has 5 heteroatoms. The largest absolute Gasteiger partial charge is 0.491 e. The zero-order chi connectivity index (χ0) is 16.6. The summed E-state index contributed by atoms with van der Waals surface area (Å²) in [6.45, 7) is 13.4. The molecule has 0 N–H and O–H groups in total. The van der Waals surface area contributed by atoms with Gasteiger partial charge in [0, 0.05) is 5.56 Å². The van der Waals surface area contributed by atoms with Crippen molar-refractivity contribution in [3.05, 3.63) is 29.8 Å². The van der Waals surface area contributed by atoms with Gasteiger partial charge in [0.15, 0.2) is 8.32 Å². The van der Waals surface area contributed by atoms with Gasteiger partial charge < -0.3 is 13.9 Å². The molecule has 0 bridgehead atoms. The number of hydrogen-bond acceptors (Lipinski definition) is 4. The van der Waals surface area contributed by atoms with Crippen molar-refractivity contribution >= 4 is 14.6 Å². The van der Waals surface area contributed by atoms with Crippen molar-refractivity contribution in [1.29, 1.82) is 0 Å². The molecule has 0 aliphatic carbocycles. The highest BCUT2D eigenvalue weighted by atomic mass is 28.4. The summed E-state index contributed by atoms with van der Waals surface area (Å²) in [5.41, 5.74) is 0.645. The van der Waals surface area contributed by atoms with E-state index in [1.807, 2.05) is 0 Å². The average Bonchev–Trinajstić information content (AvgIpc) is 2.45. The molecule has 0 saturated carbocycles. The van der Waals surface area contributed by atoms with Crippen LogP contribution >= 0.6 is 0 Å². The van der Waals surface area contributed by atoms with Crippen LogP contribution in [-0.2, 0) is 9.16 Å². The van der Waals surface area contributed by atoms with Crippen LogP contribution in [0.5, 0.6) is 5.75 Å². The lowest BCUT2D eigenvalue weighted by Gasteiger charge is -2.36. The quantitative estimate of drug-likeness (QED) is 0.392. The van der Waals surface area contributed by atoms with Gasteiger partial charge in [0.05, 0.1) is 19.8 Å². The standard InChI is InChI=1S/C17H28O4Si/c1-17(2,3)22(4,5)21-13-11-19-10-12-20-16-8-6-15(14-18)7-9-16/h6-9,14H,10-13H2,1-5H3. The van der Waals surface area contributed by atoms with Crippen LogP contribution in [0, 0.1) is 0 Å². The van der Waals surface area contributed by atoms with Crippen molar-refractivity contribution in [2.75, 3.05) is 26.4 Å². The van der Waals surface area contributed by atoms with Crippen LogP contribution in [0.3, 0.4) is 0 Å². The summed E-state index contributed by atoms with van der Waals surface area (Å²) in [6, 6.07) is 7.03. The van der Waals surface area contributed by atoms with Gasteiger partial charge in [0.1, 0.15) is 18.6 Å². The zero-order valence-electron chi connectivity index (χ0n) is 14.3. The second-order valence-corrected chi connectivity index (χ2v) is 11.6. The van der Waals surface area contributed by atoms with Crippen LogP contribution in [0.1, 0.15) is 31.1 Å². The van der Waals surface area contributed by atoms with Crippen LogP contribution in [0.15, 0.2) is 24.3 Å². The molecular formula is C17H28O4Si. The molecule has 0 unspecified atom stereocenters. The number of carbonyl (C=O) groups excluding carboxylic acids is 1. The van der Waals surface area contributed by atoms with E-state index in [2.05, 4.69) is 33.9 Å². The highest BCUT2D eigenvalue weighted by Gasteiger charge is 2.36. The third-order valence-electron chi connectivity index (χ3n) is 4.01. The summed E-state index contributed by atoms with van der Waals surface area (Å²) in [5, 5.41) is 0.226. The van der Waals surface area contributed by atoms with E-state index in [9.17, 15) is 4.79 Å². The minimum atomic E-state index is -1.67. The first-order chi connectivity index (χ1) is 10.3. The maximum Gasteiger partial charge on any atom is 0.192 e. The Balaban J connectivity index is 2.12. The van der Waals surface area contributed by atoms with E-state index < -0.39 is 8.32 Å². The summed E-state index contributed by atoms with van der Waals surface area (Å²) < 4.78 is 17.1. The molecule has 1 aromatic carbocycles. The molecule has 0 aliphatic rings. The first-order valence-corrected chi connectivity index (χ1v) is 10.6. The Bertz CT molecular complexity index is 449. The van der Waals surface area contributed by atoms with Crippen LogP contribution in [-0.4, -0.2) is 41.0 Å². The first kappa shape index (κ1) is 18.9. The van der Waals surface area contributed by atoms with Crippen molar-refractivity contribution in [3.8, 4) is 5.75 Å². The highest BCUT2D eigenvalue weighted by Crippen LogP contribution is 2.36. The summed E-state index contributed by atoms with van der Waals surface area (Å²) >= 11 is 0. The van der Waals surface area contributed by atoms with Gasteiger partial charge in [-0.3, -0.25) is 4.79 Å². The maximum atomic E-state index is 10.5. The third kappa shape index (κ3) is 6.30. The Morgan fingerprint density at radius 1 is 1.00 bits per heavy atom. The molecule has 0 saturated heterocycles. The second kappa shape index (κ2) is 8.46. The van der Waals surface area contributed by atoms with Crippen molar-refractivity contribution in [2.24, 2.45) is 0 Å². The van der Waals surface area contributed by atoms with Gasteiger partial charge in [-0.25, -0.2) is 0 Å². The predicted molar refractivity (Wildman–Crippen MR) is 91.3 cm³/mol. The van der Waals surface area contributed by atoms with Gasteiger partial charge >= 0.3 is 0 Å². The number of aldehydes is 1. The lowest BCUT2D eigenvalue weighted by molar-refractivity contribution is 0.0730. The van der Waals surface area contributed by atoms with E-state index in [4.69, 9.17) is 13.9 Å². The third-order valence-corrected chi connectivity index (χ3v) is 8.55. The normalized spacial score (nSPS) is 12.2. The Morgan fingerprint density at radius 2 is 1.59 bits per heavy atom. The Kier molecular flexibility index (Phi) is 7.26. The Labute approximate surface area is 134 Å². The van der Waals surface area contributed by atoms with E-state index in [-0.39, 0.29) is 5.04 Å². The van der Waals surface area contributed by atoms with Gasteiger partial charge in [-0.15, -0.1) is 0 Å². The number of ether oxygens (including phenoxy) is 2. The van der Waals surface area contributed by atoms with Crippen LogP contribution in [0.4, 0.5) is 0 Å². The molecule has 1 rings (SSSR count). The lowest BCUT2D eigenvalue weighted by atomic mass is 10.2. The van der Waals surface area contributed by atoms with Gasteiger partial charge in [-0.2, -0.15) is 0 Å². The molecule has 124 valence electrons. The minimum absolute atomic E-state index is 0.226. The van der Waals surface area contributed by atoms with Gasteiger partial charge in [0.25, 0.3) is 0 Å². The summed E-state index contributed by atoms with van der Waals surface area (Å²) in [4.78, 5) is 10.5. The van der Waals surface area contributed by atoms with Crippen LogP contribution in [0.2, 0.25) is 18.1 Å². The fraction of sp³-hybridized carbons (Fsp3) is 0.588. The van der Waals surface area contributed by atoms with E-state index in [1.54, 1.807) is 24.3 Å². The SMILES string of the molecule is CC(C)(C)[Si](C)(C)OCCOCCOc1ccc(C=O)cc1. The fourth-order valence-electron chi connectivity index (χ4n) is 1.54. The minimum Gasteiger partial charge on any atom is -0.491 e. The monoisotopic (exact) mass is 324 g/mol. The molecule has 1 aromatic rings. The van der Waals surface area contributed by atoms with Crippen molar-refractivity contribution < 1.29 is 18.7 Å². The predicted octanol–water partition coefficient (Wildman–Crippen LogP) is 3.92. The molecular weight excluding hydrogens is 296 g/mol. The fourth-order valence-corrected chi connectivity index (χ4v) is 2.56. The van der Waals surface area contributed by atoms with Crippen LogP contribution in [0.25, 0.3) is 0 Å². The molecule has 0 fully saturated rings. The van der Waals surface area contributed by atoms with Crippen molar-refractivity contribution in [2.45, 2.75) is 38.9 Å². The van der Waals surface area contributed by atoms with Crippen molar-refractivity contribution in [3.63, 3.8) is 0 Å². The molecule has 0 amide bonds. The molecule has 0 spiro atoms. The highest BCUT2D eigenvalue weighted by molar-refractivity contribution is 6.74. The summed E-state index contributed by atoms with van der Waals surface area (Å²) in [5.74, 6) is 0.742. The number of rotatable bonds is 9. The Morgan fingerprint density at radius 3 is 2.14 bits per heavy atom. The number of carbonyl (C=O) groups is 1. The lowest BCUT2D eigenvalue weighted by Crippen LogP contribution is -2.41. The first-order valence-electron chi connectivity index (χ1n) is 7.66. The molecule has 0 heterocycles. The summed E-state index contributed by atoms with van der Waals surface area (Å²) in [7, 11) is -1.67. The number of hydrogen-bond donors (Lipinski definition) is 0. The topological polar surface area (TPSA) is 44.8 Å². The van der Waals surface area contributed by atoms with E-state index in [1.165, 1.54) is 0 Å². The molecule has 0 aliphatic heterocycles. The van der Waals surface area contributed by atoms with Gasteiger partial charge in [-0.1, -0.05) is 20.8 Å². The second-order valence-electron chi connectivity index (χ2n) is 6.76. The van der Waals surface area contributed by atoms with Crippen LogP contribution < -0.4 is 4.74 Å².